The fraction of sp³-hybridized carbons (Fsp3) is 0.455. The van der Waals surface area contributed by atoms with Gasteiger partial charge in [0.2, 0.25) is 0 Å². The van der Waals surface area contributed by atoms with Gasteiger partial charge in [0.1, 0.15) is 0 Å². The van der Waals surface area contributed by atoms with Crippen molar-refractivity contribution in [3.63, 3.8) is 0 Å². The molecule has 27 heavy (non-hydrogen) atoms. The van der Waals surface area contributed by atoms with Crippen LogP contribution < -0.4 is 5.84 Å². The lowest BCUT2D eigenvalue weighted by Gasteiger charge is -2.23. The molecular formula is C22H31N5. The second-order valence-electron chi connectivity index (χ2n) is 7.32. The lowest BCUT2D eigenvalue weighted by molar-refractivity contribution is 0.194. The number of aromatic amines is 1. The van der Waals surface area contributed by atoms with E-state index in [1.54, 1.807) is 0 Å². The summed E-state index contributed by atoms with van der Waals surface area (Å²) in [5.41, 5.74) is 5.71. The molecule has 0 radical (unpaired) electrons. The number of hydrazine groups is 1. The van der Waals surface area contributed by atoms with E-state index in [0.717, 1.165) is 36.1 Å². The zero-order chi connectivity index (χ0) is 19.2. The van der Waals surface area contributed by atoms with E-state index < -0.39 is 0 Å². The molecule has 2 aromatic heterocycles. The van der Waals surface area contributed by atoms with Crippen molar-refractivity contribution >= 4 is 5.57 Å². The molecule has 0 aromatic carbocycles. The van der Waals surface area contributed by atoms with Crippen molar-refractivity contribution in [1.29, 1.82) is 0 Å². The van der Waals surface area contributed by atoms with E-state index in [9.17, 15) is 0 Å². The number of aryl methyl sites for hydroxylation is 1. The highest BCUT2D eigenvalue weighted by Crippen LogP contribution is 2.26. The number of nitrogens with zero attached hydrogens (tertiary/aromatic N) is 3. The van der Waals surface area contributed by atoms with Crippen LogP contribution >= 0.6 is 0 Å². The average molecular weight is 366 g/mol. The predicted molar refractivity (Wildman–Crippen MR) is 112 cm³/mol. The summed E-state index contributed by atoms with van der Waals surface area (Å²) in [4.78, 5) is 4.66. The van der Waals surface area contributed by atoms with Gasteiger partial charge in [0.05, 0.1) is 11.9 Å². The molecule has 0 saturated carbocycles. The first kappa shape index (κ1) is 19.5. The normalized spacial score (nSPS) is 21.4. The van der Waals surface area contributed by atoms with Crippen LogP contribution in [0.4, 0.5) is 0 Å². The summed E-state index contributed by atoms with van der Waals surface area (Å²) in [6.45, 7) is 6.50. The maximum atomic E-state index is 6.22. The highest BCUT2D eigenvalue weighted by Gasteiger charge is 2.28. The summed E-state index contributed by atoms with van der Waals surface area (Å²) in [5.74, 6) is 6.22. The van der Waals surface area contributed by atoms with Crippen molar-refractivity contribution in [3.8, 4) is 11.1 Å². The Morgan fingerprint density at radius 1 is 1.30 bits per heavy atom. The van der Waals surface area contributed by atoms with Gasteiger partial charge in [0.15, 0.2) is 0 Å². The molecule has 3 N–H and O–H groups in total. The molecule has 144 valence electrons. The first-order valence-corrected chi connectivity index (χ1v) is 9.98. The lowest BCUT2D eigenvalue weighted by atomic mass is 10.0. The molecule has 2 aromatic rings. The molecule has 1 saturated heterocycles. The van der Waals surface area contributed by atoms with Gasteiger partial charge in [0, 0.05) is 35.6 Å². The van der Waals surface area contributed by atoms with E-state index in [1.165, 1.54) is 24.0 Å². The molecule has 0 spiro atoms. The van der Waals surface area contributed by atoms with E-state index >= 15 is 0 Å². The molecule has 1 aliphatic rings. The number of hydrogen-bond donors (Lipinski definition) is 2. The van der Waals surface area contributed by atoms with Gasteiger partial charge in [-0.25, -0.2) is 5.01 Å². The van der Waals surface area contributed by atoms with E-state index in [0.29, 0.717) is 12.1 Å². The molecule has 2 unspecified atom stereocenters. The minimum absolute atomic E-state index is 0.471. The smallest absolute Gasteiger partial charge is 0.0661 e. The van der Waals surface area contributed by atoms with Gasteiger partial charge in [-0.1, -0.05) is 32.1 Å². The summed E-state index contributed by atoms with van der Waals surface area (Å²) in [6.07, 6.45) is 17.7. The highest BCUT2D eigenvalue weighted by molar-refractivity contribution is 5.69. The van der Waals surface area contributed by atoms with Gasteiger partial charge >= 0.3 is 0 Å². The van der Waals surface area contributed by atoms with Gasteiger partial charge < -0.3 is 0 Å². The molecule has 3 heterocycles. The Balaban J connectivity index is 1.65. The van der Waals surface area contributed by atoms with Crippen molar-refractivity contribution in [2.45, 2.75) is 65.0 Å². The molecule has 0 aliphatic carbocycles. The second kappa shape index (κ2) is 9.11. The molecule has 1 fully saturated rings. The fourth-order valence-electron chi connectivity index (χ4n) is 3.83. The molecule has 1 aliphatic heterocycles. The molecule has 5 nitrogen and oxygen atoms in total. The van der Waals surface area contributed by atoms with Gasteiger partial charge in [-0.05, 0) is 56.2 Å². The lowest BCUT2D eigenvalue weighted by Crippen LogP contribution is -2.41. The molecule has 5 heteroatoms. The minimum Gasteiger partial charge on any atom is -0.285 e. The summed E-state index contributed by atoms with van der Waals surface area (Å²) in [5, 5.41) is 8.98. The summed E-state index contributed by atoms with van der Waals surface area (Å²) in [7, 11) is 0. The number of aromatic nitrogens is 3. The third-order valence-corrected chi connectivity index (χ3v) is 5.62. The Labute approximate surface area is 162 Å². The van der Waals surface area contributed by atoms with E-state index in [1.807, 2.05) is 18.6 Å². The van der Waals surface area contributed by atoms with Gasteiger partial charge in [-0.15, -0.1) is 0 Å². The van der Waals surface area contributed by atoms with E-state index in [2.05, 4.69) is 65.3 Å². The average Bonchev–Trinajstić information content (AvgIpc) is 3.34. The van der Waals surface area contributed by atoms with Crippen LogP contribution in [0.5, 0.6) is 0 Å². The third-order valence-electron chi connectivity index (χ3n) is 5.62. The zero-order valence-electron chi connectivity index (χ0n) is 16.7. The van der Waals surface area contributed by atoms with Gasteiger partial charge in [-0.2, -0.15) is 5.10 Å². The summed E-state index contributed by atoms with van der Waals surface area (Å²) >= 11 is 0. The van der Waals surface area contributed by atoms with Crippen molar-refractivity contribution < 1.29 is 0 Å². The van der Waals surface area contributed by atoms with Crippen LogP contribution in [0.1, 0.15) is 57.7 Å². The number of rotatable bonds is 7. The van der Waals surface area contributed by atoms with Crippen molar-refractivity contribution in [2.24, 2.45) is 5.84 Å². The summed E-state index contributed by atoms with van der Waals surface area (Å²) in [6, 6.07) is 3.21. The maximum Gasteiger partial charge on any atom is 0.0661 e. The standard InChI is InChI=1S/C22H31N5/c1-4-17-12-22(24-15-21(17)18-13-25-26-14-18)16(3)8-6-7-9-20-11-10-19(5-2)27(20)23/h6-8,12-15,19-20H,4-5,9-11,23H2,1-3H3,(H,25,26)/b7-6+,16-8+. The number of hydrogen-bond acceptors (Lipinski definition) is 4. The largest absolute Gasteiger partial charge is 0.285 e. The first-order chi connectivity index (χ1) is 13.1. The predicted octanol–water partition coefficient (Wildman–Crippen LogP) is 4.50. The van der Waals surface area contributed by atoms with E-state index in [-0.39, 0.29) is 0 Å². The van der Waals surface area contributed by atoms with Crippen LogP contribution in [-0.2, 0) is 6.42 Å². The van der Waals surface area contributed by atoms with Crippen LogP contribution in [-0.4, -0.2) is 32.3 Å². The quantitative estimate of drug-likeness (QED) is 0.560. The third kappa shape index (κ3) is 4.54. The minimum atomic E-state index is 0.471. The van der Waals surface area contributed by atoms with Crippen molar-refractivity contribution in [2.75, 3.05) is 0 Å². The number of pyridine rings is 1. The molecular weight excluding hydrogens is 334 g/mol. The monoisotopic (exact) mass is 365 g/mol. The molecule has 0 amide bonds. The Bertz CT molecular complexity index is 791. The van der Waals surface area contributed by atoms with Crippen LogP contribution in [0.15, 0.2) is 42.9 Å². The summed E-state index contributed by atoms with van der Waals surface area (Å²) < 4.78 is 0. The number of nitrogens with two attached hydrogens (primary N) is 1. The van der Waals surface area contributed by atoms with Crippen molar-refractivity contribution in [3.05, 3.63) is 54.1 Å². The van der Waals surface area contributed by atoms with Gasteiger partial charge in [0.25, 0.3) is 0 Å². The Kier molecular flexibility index (Phi) is 6.58. The van der Waals surface area contributed by atoms with Crippen molar-refractivity contribution in [1.82, 2.24) is 20.2 Å². The maximum absolute atomic E-state index is 6.22. The molecule has 2 atom stereocenters. The molecule has 3 rings (SSSR count). The van der Waals surface area contributed by atoms with Crippen LogP contribution in [0.3, 0.4) is 0 Å². The number of allylic oxidation sites excluding steroid dienone is 3. The Morgan fingerprint density at radius 2 is 2.11 bits per heavy atom. The SMILES string of the molecule is CCc1cc(/C(C)=C/C=C/CC2CCC(CC)N2N)ncc1-c1cn[nH]c1. The molecule has 0 bridgehead atoms. The first-order valence-electron chi connectivity index (χ1n) is 9.98. The fourth-order valence-corrected chi connectivity index (χ4v) is 3.83. The zero-order valence-corrected chi connectivity index (χ0v) is 16.7. The van der Waals surface area contributed by atoms with Gasteiger partial charge in [-0.3, -0.25) is 15.9 Å². The second-order valence-corrected chi connectivity index (χ2v) is 7.32. The Hall–Kier alpha value is -2.24. The Morgan fingerprint density at radius 3 is 2.78 bits per heavy atom. The number of H-pyrrole nitrogens is 1. The van der Waals surface area contributed by atoms with Crippen LogP contribution in [0.25, 0.3) is 16.7 Å². The number of nitrogens with one attached hydrogen (secondary N) is 1. The topological polar surface area (TPSA) is 70.8 Å². The van der Waals surface area contributed by atoms with E-state index in [4.69, 9.17) is 5.84 Å². The van der Waals surface area contributed by atoms with Crippen LogP contribution in [0.2, 0.25) is 0 Å². The van der Waals surface area contributed by atoms with Crippen LogP contribution in [0, 0.1) is 0 Å². The highest BCUT2D eigenvalue weighted by atomic mass is 15.4.